The Kier molecular flexibility index (Phi) is 6.84. The van der Waals surface area contributed by atoms with Crippen molar-refractivity contribution in [2.45, 2.75) is 118 Å². The van der Waals surface area contributed by atoms with E-state index in [-0.39, 0.29) is 45.8 Å². The van der Waals surface area contributed by atoms with Crippen molar-refractivity contribution in [2.24, 2.45) is 51.2 Å². The lowest BCUT2D eigenvalue weighted by atomic mass is 9.37. The number of hydrogen-bond acceptors (Lipinski definition) is 4. The van der Waals surface area contributed by atoms with Crippen LogP contribution >= 0.6 is 0 Å². The van der Waals surface area contributed by atoms with Crippen LogP contribution in [0.25, 0.3) is 0 Å². The van der Waals surface area contributed by atoms with Crippen molar-refractivity contribution in [3.8, 4) is 0 Å². The predicted octanol–water partition coefficient (Wildman–Crippen LogP) is 6.85. The van der Waals surface area contributed by atoms with Gasteiger partial charge < -0.3 is 14.9 Å². The van der Waals surface area contributed by atoms with Crippen molar-refractivity contribution < 1.29 is 19.7 Å². The van der Waals surface area contributed by atoms with Gasteiger partial charge >= 0.3 is 5.97 Å². The minimum Gasteiger partial charge on any atom is -0.458 e. The van der Waals surface area contributed by atoms with Crippen LogP contribution in [0.5, 0.6) is 0 Å². The zero-order chi connectivity index (χ0) is 27.0. The van der Waals surface area contributed by atoms with Gasteiger partial charge in [-0.05, 0) is 111 Å². The van der Waals surface area contributed by atoms with E-state index in [1.54, 1.807) is 5.57 Å². The average Bonchev–Trinajstić information content (AvgIpc) is 2.84. The molecule has 0 aromatic heterocycles. The molecule has 5 aliphatic carbocycles. The predicted molar refractivity (Wildman–Crippen MR) is 148 cm³/mol. The lowest BCUT2D eigenvalue weighted by Crippen LogP contribution is -2.62. The number of allylic oxidation sites excluding steroid dienone is 3. The second-order valence-corrected chi connectivity index (χ2v) is 15.1. The number of hydrogen-bond donors (Lipinski definition) is 2. The maximum Gasteiger partial charge on any atom is 0.333 e. The maximum atomic E-state index is 12.7. The van der Waals surface area contributed by atoms with Crippen LogP contribution in [0.1, 0.15) is 106 Å². The van der Waals surface area contributed by atoms with Crippen molar-refractivity contribution >= 4 is 5.97 Å². The number of aliphatic hydroxyl groups is 2. The molecule has 10 unspecified atom stereocenters. The van der Waals surface area contributed by atoms with Crippen LogP contribution in [0.15, 0.2) is 23.3 Å². The molecule has 4 heteroatoms. The van der Waals surface area contributed by atoms with Crippen LogP contribution < -0.4 is 0 Å². The molecule has 5 aliphatic rings. The van der Waals surface area contributed by atoms with E-state index in [4.69, 9.17) is 4.74 Å². The van der Waals surface area contributed by atoms with Gasteiger partial charge in [-0.25, -0.2) is 4.79 Å². The van der Waals surface area contributed by atoms with E-state index < -0.39 is 0 Å². The van der Waals surface area contributed by atoms with Gasteiger partial charge in [-0.15, -0.1) is 0 Å². The molecule has 4 fully saturated rings. The summed E-state index contributed by atoms with van der Waals surface area (Å²) in [6.07, 6.45) is 13.6. The van der Waals surface area contributed by atoms with E-state index in [2.05, 4.69) is 40.7 Å². The van der Waals surface area contributed by atoms with Gasteiger partial charge in [0.25, 0.3) is 0 Å². The molecule has 37 heavy (non-hydrogen) atoms. The van der Waals surface area contributed by atoms with Gasteiger partial charge in [-0.2, -0.15) is 0 Å². The first-order valence-electron chi connectivity index (χ1n) is 15.1. The first-order chi connectivity index (χ1) is 17.3. The van der Waals surface area contributed by atoms with Crippen LogP contribution in [-0.4, -0.2) is 35.0 Å². The highest BCUT2D eigenvalue weighted by Crippen LogP contribution is 2.71. The molecule has 10 atom stereocenters. The van der Waals surface area contributed by atoms with Gasteiger partial charge in [-0.3, -0.25) is 0 Å². The Balaban J connectivity index is 1.45. The zero-order valence-corrected chi connectivity index (χ0v) is 24.5. The Labute approximate surface area is 225 Å². The zero-order valence-electron chi connectivity index (χ0n) is 24.5. The quantitative estimate of drug-likeness (QED) is 0.247. The molecule has 0 saturated heterocycles. The number of aliphatic hydroxyl groups excluding tert-OH is 2. The van der Waals surface area contributed by atoms with E-state index in [9.17, 15) is 15.0 Å². The maximum absolute atomic E-state index is 12.7. The molecule has 208 valence electrons. The fourth-order valence-corrected chi connectivity index (χ4v) is 10.3. The summed E-state index contributed by atoms with van der Waals surface area (Å²) in [5.74, 6) is 2.21. The smallest absolute Gasteiger partial charge is 0.333 e. The van der Waals surface area contributed by atoms with Crippen LogP contribution in [0, 0.1) is 51.2 Å². The van der Waals surface area contributed by atoms with Gasteiger partial charge in [0, 0.05) is 17.6 Å². The molecule has 4 saturated carbocycles. The largest absolute Gasteiger partial charge is 0.458 e. The molecule has 0 spiro atoms. The second-order valence-electron chi connectivity index (χ2n) is 15.1. The third kappa shape index (κ3) is 4.01. The van der Waals surface area contributed by atoms with Gasteiger partial charge in [-0.1, -0.05) is 58.8 Å². The molecule has 4 nitrogen and oxygen atoms in total. The lowest BCUT2D eigenvalue weighted by Gasteiger charge is -2.67. The fraction of sp³-hybridized carbons (Fsp3) is 0.848. The molecule has 0 heterocycles. The topological polar surface area (TPSA) is 66.8 Å². The van der Waals surface area contributed by atoms with Crippen LogP contribution in [0.2, 0.25) is 0 Å². The van der Waals surface area contributed by atoms with E-state index in [0.717, 1.165) is 32.1 Å². The molecule has 2 N–H and O–H groups in total. The van der Waals surface area contributed by atoms with Gasteiger partial charge in [0.2, 0.25) is 0 Å². The normalized spacial score (nSPS) is 49.1. The van der Waals surface area contributed by atoms with Crippen LogP contribution in [0.4, 0.5) is 0 Å². The molecule has 0 aromatic rings. The van der Waals surface area contributed by atoms with Crippen molar-refractivity contribution in [1.82, 2.24) is 0 Å². The standard InChI is InChI=1S/C33H52O4/c1-8-20(2)29(36)37-28-16-22-23(17-30(28,3)4)26-12-11-25-21-10-9-14-31(5,19-34)24(21)13-15-32(25,6)33(26,7)18-27(22)35/h8,12,21-25,27-28,34-35H,9-11,13-19H2,1-7H3/b20-8+. The Morgan fingerprint density at radius 2 is 1.81 bits per heavy atom. The highest BCUT2D eigenvalue weighted by molar-refractivity contribution is 5.87. The van der Waals surface area contributed by atoms with Crippen LogP contribution in [0.3, 0.4) is 0 Å². The number of carbonyl (C=O) groups excluding carboxylic acids is 1. The molecule has 5 rings (SSSR count). The number of carbonyl (C=O) groups is 1. The summed E-state index contributed by atoms with van der Waals surface area (Å²) in [4.78, 5) is 12.7. The third-order valence-electron chi connectivity index (χ3n) is 13.0. The Hall–Kier alpha value is -1.13. The first kappa shape index (κ1) is 27.4. The monoisotopic (exact) mass is 512 g/mol. The van der Waals surface area contributed by atoms with Crippen molar-refractivity contribution in [1.29, 1.82) is 0 Å². The summed E-state index contributed by atoms with van der Waals surface area (Å²) in [7, 11) is 0. The van der Waals surface area contributed by atoms with Gasteiger partial charge in [0.1, 0.15) is 6.10 Å². The van der Waals surface area contributed by atoms with Gasteiger partial charge in [0.15, 0.2) is 0 Å². The number of esters is 1. The molecule has 0 bridgehead atoms. The molecule has 0 radical (unpaired) electrons. The summed E-state index contributed by atoms with van der Waals surface area (Å²) in [6.45, 7) is 15.9. The highest BCUT2D eigenvalue weighted by Gasteiger charge is 2.65. The molecule has 0 aromatic carbocycles. The Bertz CT molecular complexity index is 979. The SMILES string of the molecule is C/C=C(\C)C(=O)OC1CC2C(O)CC3(C)C(=CCC4C5CCCC(C)(CO)C5CCC43C)C2CC1(C)C. The van der Waals surface area contributed by atoms with E-state index >= 15 is 0 Å². The van der Waals surface area contributed by atoms with E-state index in [1.165, 1.54) is 25.7 Å². The molecular weight excluding hydrogens is 460 g/mol. The summed E-state index contributed by atoms with van der Waals surface area (Å²) >= 11 is 0. The van der Waals surface area contributed by atoms with Crippen molar-refractivity contribution in [3.63, 3.8) is 0 Å². The minimum absolute atomic E-state index is 0.00430. The Morgan fingerprint density at radius 1 is 1.08 bits per heavy atom. The van der Waals surface area contributed by atoms with E-state index in [0.29, 0.717) is 35.9 Å². The molecule has 0 aliphatic heterocycles. The summed E-state index contributed by atoms with van der Waals surface area (Å²) in [5.41, 5.74) is 2.36. The van der Waals surface area contributed by atoms with Gasteiger partial charge in [0.05, 0.1) is 6.10 Å². The summed E-state index contributed by atoms with van der Waals surface area (Å²) in [5, 5.41) is 22.1. The Morgan fingerprint density at radius 3 is 2.49 bits per heavy atom. The van der Waals surface area contributed by atoms with Crippen molar-refractivity contribution in [2.75, 3.05) is 6.61 Å². The fourth-order valence-electron chi connectivity index (χ4n) is 10.3. The first-order valence-corrected chi connectivity index (χ1v) is 15.1. The van der Waals surface area contributed by atoms with E-state index in [1.807, 2.05) is 19.9 Å². The number of fused-ring (bicyclic) bond motifs is 7. The highest BCUT2D eigenvalue weighted by atomic mass is 16.5. The third-order valence-corrected chi connectivity index (χ3v) is 13.0. The number of ether oxygens (including phenoxy) is 1. The molecule has 0 amide bonds. The number of rotatable bonds is 3. The van der Waals surface area contributed by atoms with Crippen LogP contribution in [-0.2, 0) is 9.53 Å². The van der Waals surface area contributed by atoms with Crippen molar-refractivity contribution in [3.05, 3.63) is 23.3 Å². The lowest BCUT2D eigenvalue weighted by molar-refractivity contribution is -0.175. The summed E-state index contributed by atoms with van der Waals surface area (Å²) < 4.78 is 6.05. The summed E-state index contributed by atoms with van der Waals surface area (Å²) in [6, 6.07) is 0. The average molecular weight is 513 g/mol. The minimum atomic E-state index is -0.366. The molecular formula is C33H52O4. The second kappa shape index (κ2) is 9.22.